The zero-order chi connectivity index (χ0) is 12.1. The van der Waals surface area contributed by atoms with Crippen LogP contribution in [0.15, 0.2) is 24.4 Å². The summed E-state index contributed by atoms with van der Waals surface area (Å²) in [5.74, 6) is 0.819. The predicted molar refractivity (Wildman–Crippen MR) is 70.8 cm³/mol. The molecule has 1 aromatic rings. The van der Waals surface area contributed by atoms with Crippen LogP contribution in [0.5, 0.6) is 0 Å². The molecule has 0 aliphatic heterocycles. The molecule has 0 amide bonds. The van der Waals surface area contributed by atoms with Crippen LogP contribution in [0.3, 0.4) is 0 Å². The molecule has 3 nitrogen and oxygen atoms in total. The lowest BCUT2D eigenvalue weighted by atomic mass is 10.1. The lowest BCUT2D eigenvalue weighted by Crippen LogP contribution is -2.30. The van der Waals surface area contributed by atoms with Crippen molar-refractivity contribution in [2.75, 3.05) is 20.1 Å². The summed E-state index contributed by atoms with van der Waals surface area (Å²) < 4.78 is 0. The van der Waals surface area contributed by atoms with E-state index in [0.717, 1.165) is 31.8 Å². The average molecular weight is 233 g/mol. The van der Waals surface area contributed by atoms with E-state index in [4.69, 9.17) is 5.73 Å². The van der Waals surface area contributed by atoms with Gasteiger partial charge in [-0.25, -0.2) is 0 Å². The maximum absolute atomic E-state index is 6.10. The molecule has 2 rings (SSSR count). The fourth-order valence-electron chi connectivity index (χ4n) is 2.09. The highest BCUT2D eigenvalue weighted by Crippen LogP contribution is 2.32. The largest absolute Gasteiger partial charge is 0.327 e. The molecule has 1 aliphatic carbocycles. The number of likely N-dealkylation sites (N-methyl/N-ethyl adjacent to an activating group) is 1. The molecule has 1 heterocycles. The van der Waals surface area contributed by atoms with Gasteiger partial charge in [0, 0.05) is 30.9 Å². The molecular formula is C14H23N3. The fraction of sp³-hybridized carbons (Fsp3) is 0.643. The van der Waals surface area contributed by atoms with Gasteiger partial charge in [-0.05, 0) is 50.9 Å². The highest BCUT2D eigenvalue weighted by molar-refractivity contribution is 5.03. The second kappa shape index (κ2) is 6.12. The van der Waals surface area contributed by atoms with Gasteiger partial charge in [0.25, 0.3) is 0 Å². The first kappa shape index (κ1) is 12.5. The Hall–Kier alpha value is -0.930. The maximum atomic E-state index is 6.10. The molecule has 0 aromatic carbocycles. The highest BCUT2D eigenvalue weighted by Gasteiger charge is 2.27. The summed E-state index contributed by atoms with van der Waals surface area (Å²) in [6, 6.07) is 6.52. The minimum absolute atomic E-state index is 0.423. The van der Waals surface area contributed by atoms with Crippen LogP contribution < -0.4 is 5.73 Å². The molecule has 0 bridgehead atoms. The Kier molecular flexibility index (Phi) is 4.51. The number of aromatic nitrogens is 1. The van der Waals surface area contributed by atoms with E-state index < -0.39 is 0 Å². The van der Waals surface area contributed by atoms with E-state index >= 15 is 0 Å². The zero-order valence-electron chi connectivity index (χ0n) is 10.7. The Morgan fingerprint density at radius 3 is 2.88 bits per heavy atom. The molecule has 1 unspecified atom stereocenters. The van der Waals surface area contributed by atoms with Crippen LogP contribution in [-0.4, -0.2) is 36.1 Å². The summed E-state index contributed by atoms with van der Waals surface area (Å²) in [7, 11) is 2.17. The number of nitrogens with zero attached hydrogens (tertiary/aromatic N) is 2. The SMILES string of the molecule is CN(CCc1ccccn1)CCC(N)C1CC1. The smallest absolute Gasteiger partial charge is 0.0416 e. The predicted octanol–water partition coefficient (Wildman–Crippen LogP) is 1.68. The third kappa shape index (κ3) is 4.44. The molecule has 94 valence electrons. The second-order valence-corrected chi connectivity index (χ2v) is 5.16. The van der Waals surface area contributed by atoms with Gasteiger partial charge in [-0.2, -0.15) is 0 Å². The molecule has 0 spiro atoms. The van der Waals surface area contributed by atoms with Crippen LogP contribution >= 0.6 is 0 Å². The first-order chi connectivity index (χ1) is 8.25. The first-order valence-electron chi connectivity index (χ1n) is 6.60. The Morgan fingerprint density at radius 2 is 2.24 bits per heavy atom. The van der Waals surface area contributed by atoms with Gasteiger partial charge in [0.1, 0.15) is 0 Å². The van der Waals surface area contributed by atoms with Gasteiger partial charge in [-0.1, -0.05) is 6.07 Å². The molecule has 1 aromatic heterocycles. The molecule has 3 heteroatoms. The van der Waals surface area contributed by atoms with E-state index in [1.807, 2.05) is 18.3 Å². The second-order valence-electron chi connectivity index (χ2n) is 5.16. The van der Waals surface area contributed by atoms with Gasteiger partial charge in [0.05, 0.1) is 0 Å². The Labute approximate surface area is 104 Å². The molecule has 0 saturated heterocycles. The molecule has 17 heavy (non-hydrogen) atoms. The number of pyridine rings is 1. The van der Waals surface area contributed by atoms with Crippen molar-refractivity contribution >= 4 is 0 Å². The van der Waals surface area contributed by atoms with Crippen molar-refractivity contribution in [3.8, 4) is 0 Å². The minimum atomic E-state index is 0.423. The summed E-state index contributed by atoms with van der Waals surface area (Å²) in [6.07, 6.45) is 6.70. The monoisotopic (exact) mass is 233 g/mol. The molecule has 2 N–H and O–H groups in total. The standard InChI is InChI=1S/C14H23N3/c1-17(11-8-14(15)12-5-6-12)10-7-13-4-2-3-9-16-13/h2-4,9,12,14H,5-8,10-11,15H2,1H3. The summed E-state index contributed by atoms with van der Waals surface area (Å²) in [5.41, 5.74) is 7.27. The average Bonchev–Trinajstić information content (AvgIpc) is 3.19. The molecule has 0 radical (unpaired) electrons. The van der Waals surface area contributed by atoms with Crippen LogP contribution in [0.2, 0.25) is 0 Å². The lowest BCUT2D eigenvalue weighted by molar-refractivity contribution is 0.314. The van der Waals surface area contributed by atoms with Crippen molar-refractivity contribution in [1.29, 1.82) is 0 Å². The van der Waals surface area contributed by atoms with Gasteiger partial charge in [0.15, 0.2) is 0 Å². The van der Waals surface area contributed by atoms with Crippen molar-refractivity contribution in [3.63, 3.8) is 0 Å². The van der Waals surface area contributed by atoms with Crippen LogP contribution in [-0.2, 0) is 6.42 Å². The van der Waals surface area contributed by atoms with Gasteiger partial charge >= 0.3 is 0 Å². The van der Waals surface area contributed by atoms with E-state index in [0.29, 0.717) is 6.04 Å². The summed E-state index contributed by atoms with van der Waals surface area (Å²) in [6.45, 7) is 2.17. The van der Waals surface area contributed by atoms with Crippen LogP contribution in [0.1, 0.15) is 25.0 Å². The van der Waals surface area contributed by atoms with E-state index in [1.54, 1.807) is 0 Å². The van der Waals surface area contributed by atoms with Crippen molar-refractivity contribution < 1.29 is 0 Å². The number of nitrogens with two attached hydrogens (primary N) is 1. The maximum Gasteiger partial charge on any atom is 0.0416 e. The van der Waals surface area contributed by atoms with Crippen molar-refractivity contribution in [2.24, 2.45) is 11.7 Å². The number of rotatable bonds is 7. The van der Waals surface area contributed by atoms with E-state index in [2.05, 4.69) is 23.0 Å². The van der Waals surface area contributed by atoms with Crippen LogP contribution in [0.4, 0.5) is 0 Å². The van der Waals surface area contributed by atoms with Gasteiger partial charge in [0.2, 0.25) is 0 Å². The summed E-state index contributed by atoms with van der Waals surface area (Å²) >= 11 is 0. The van der Waals surface area contributed by atoms with Crippen molar-refractivity contribution in [2.45, 2.75) is 31.7 Å². The Morgan fingerprint density at radius 1 is 1.41 bits per heavy atom. The Bertz CT molecular complexity index is 321. The van der Waals surface area contributed by atoms with Crippen LogP contribution in [0, 0.1) is 5.92 Å². The molecule has 1 saturated carbocycles. The number of hydrogen-bond donors (Lipinski definition) is 1. The molecular weight excluding hydrogens is 210 g/mol. The lowest BCUT2D eigenvalue weighted by Gasteiger charge is -2.18. The van der Waals surface area contributed by atoms with E-state index in [9.17, 15) is 0 Å². The first-order valence-corrected chi connectivity index (χ1v) is 6.60. The fourth-order valence-corrected chi connectivity index (χ4v) is 2.09. The van der Waals surface area contributed by atoms with Gasteiger partial charge in [-0.15, -0.1) is 0 Å². The quantitative estimate of drug-likeness (QED) is 0.779. The third-order valence-corrected chi connectivity index (χ3v) is 3.55. The Balaban J connectivity index is 1.61. The minimum Gasteiger partial charge on any atom is -0.327 e. The highest BCUT2D eigenvalue weighted by atomic mass is 15.1. The molecule has 1 aliphatic rings. The van der Waals surface area contributed by atoms with Crippen molar-refractivity contribution in [1.82, 2.24) is 9.88 Å². The van der Waals surface area contributed by atoms with Gasteiger partial charge in [-0.3, -0.25) is 4.98 Å². The normalized spacial score (nSPS) is 17.4. The topological polar surface area (TPSA) is 42.2 Å². The van der Waals surface area contributed by atoms with Gasteiger partial charge < -0.3 is 10.6 Å². The summed E-state index contributed by atoms with van der Waals surface area (Å²) in [4.78, 5) is 6.69. The van der Waals surface area contributed by atoms with Crippen molar-refractivity contribution in [3.05, 3.63) is 30.1 Å². The zero-order valence-corrected chi connectivity index (χ0v) is 10.7. The third-order valence-electron chi connectivity index (χ3n) is 3.55. The molecule has 1 atom stereocenters. The van der Waals surface area contributed by atoms with Crippen LogP contribution in [0.25, 0.3) is 0 Å². The molecule has 1 fully saturated rings. The van der Waals surface area contributed by atoms with E-state index in [1.165, 1.54) is 18.5 Å². The summed E-state index contributed by atoms with van der Waals surface area (Å²) in [5, 5.41) is 0. The number of hydrogen-bond acceptors (Lipinski definition) is 3. The van der Waals surface area contributed by atoms with E-state index in [-0.39, 0.29) is 0 Å².